The van der Waals surface area contributed by atoms with Crippen LogP contribution in [0, 0.1) is 5.92 Å². The number of allylic oxidation sites excluding steroid dienone is 3. The molecule has 12 heavy (non-hydrogen) atoms. The van der Waals surface area contributed by atoms with Gasteiger partial charge in [-0.3, -0.25) is 4.99 Å². The highest BCUT2D eigenvalue weighted by Gasteiger charge is 2.24. The summed E-state index contributed by atoms with van der Waals surface area (Å²) in [6, 6.07) is 0.361. The van der Waals surface area contributed by atoms with Gasteiger partial charge in [-0.15, -0.1) is 0 Å². The van der Waals surface area contributed by atoms with Crippen molar-refractivity contribution in [2.24, 2.45) is 10.9 Å². The first-order valence-electron chi connectivity index (χ1n) is 4.34. The maximum Gasteiger partial charge on any atom is 0.0785 e. The lowest BCUT2D eigenvalue weighted by atomic mass is 9.82. The highest BCUT2D eigenvalue weighted by molar-refractivity contribution is 5.74. The van der Waals surface area contributed by atoms with Crippen molar-refractivity contribution in [2.75, 3.05) is 0 Å². The largest absolute Gasteiger partial charge is 0.285 e. The Balaban J connectivity index is 2.38. The van der Waals surface area contributed by atoms with Crippen LogP contribution in [-0.2, 0) is 0 Å². The van der Waals surface area contributed by atoms with Gasteiger partial charge in [-0.2, -0.15) is 0 Å². The molecule has 62 valence electrons. The molecule has 1 aliphatic heterocycles. The van der Waals surface area contributed by atoms with Gasteiger partial charge in [0.2, 0.25) is 0 Å². The Hall–Kier alpha value is -1.11. The summed E-state index contributed by atoms with van der Waals surface area (Å²) in [5, 5.41) is 0. The molecule has 0 aromatic heterocycles. The van der Waals surface area contributed by atoms with E-state index in [9.17, 15) is 0 Å². The Bertz CT molecular complexity index is 275. The normalized spacial score (nSPS) is 32.5. The molecule has 0 saturated heterocycles. The lowest BCUT2D eigenvalue weighted by Crippen LogP contribution is -2.23. The van der Waals surface area contributed by atoms with Crippen LogP contribution in [0.4, 0.5) is 0 Å². The number of dihydropyridines is 1. The van der Waals surface area contributed by atoms with E-state index in [1.807, 2.05) is 6.21 Å². The molecule has 0 spiro atoms. The smallest absolute Gasteiger partial charge is 0.0785 e. The van der Waals surface area contributed by atoms with Gasteiger partial charge in [0.15, 0.2) is 0 Å². The maximum atomic E-state index is 4.42. The van der Waals surface area contributed by atoms with Crippen molar-refractivity contribution < 1.29 is 0 Å². The van der Waals surface area contributed by atoms with Crippen molar-refractivity contribution in [3.8, 4) is 0 Å². The first kappa shape index (κ1) is 7.53. The minimum Gasteiger partial charge on any atom is -0.285 e. The molecule has 0 amide bonds. The van der Waals surface area contributed by atoms with Gasteiger partial charge >= 0.3 is 0 Å². The molecule has 2 atom stereocenters. The fourth-order valence-corrected chi connectivity index (χ4v) is 1.93. The summed E-state index contributed by atoms with van der Waals surface area (Å²) in [7, 11) is 0. The molecule has 2 aliphatic rings. The predicted molar refractivity (Wildman–Crippen MR) is 52.4 cm³/mol. The first-order chi connectivity index (χ1) is 5.79. The molecule has 0 aromatic carbocycles. The van der Waals surface area contributed by atoms with Crippen LogP contribution in [0.1, 0.15) is 13.8 Å². The average molecular weight is 159 g/mol. The second-order valence-electron chi connectivity index (χ2n) is 3.47. The lowest BCUT2D eigenvalue weighted by Gasteiger charge is -2.28. The Morgan fingerprint density at radius 3 is 2.67 bits per heavy atom. The second-order valence-corrected chi connectivity index (χ2v) is 3.47. The van der Waals surface area contributed by atoms with Crippen molar-refractivity contribution in [1.29, 1.82) is 0 Å². The molecule has 0 radical (unpaired) electrons. The third kappa shape index (κ3) is 1.06. The lowest BCUT2D eigenvalue weighted by molar-refractivity contribution is 0.613. The molecule has 0 saturated carbocycles. The van der Waals surface area contributed by atoms with E-state index in [4.69, 9.17) is 0 Å². The summed E-state index contributed by atoms with van der Waals surface area (Å²) in [4.78, 5) is 4.42. The fraction of sp³-hybridized carbons (Fsp3) is 0.364. The van der Waals surface area contributed by atoms with Crippen molar-refractivity contribution in [1.82, 2.24) is 0 Å². The minimum absolute atomic E-state index is 0.361. The molecule has 1 aliphatic carbocycles. The highest BCUT2D eigenvalue weighted by atomic mass is 14.8. The van der Waals surface area contributed by atoms with Crippen LogP contribution in [0.25, 0.3) is 0 Å². The van der Waals surface area contributed by atoms with Crippen molar-refractivity contribution in [3.63, 3.8) is 0 Å². The van der Waals surface area contributed by atoms with E-state index in [-0.39, 0.29) is 0 Å². The summed E-state index contributed by atoms with van der Waals surface area (Å²) in [5.74, 6) is 0.528. The molecule has 0 fully saturated rings. The van der Waals surface area contributed by atoms with E-state index in [2.05, 4.69) is 43.1 Å². The zero-order valence-electron chi connectivity index (χ0n) is 7.49. The van der Waals surface area contributed by atoms with Crippen molar-refractivity contribution in [2.45, 2.75) is 19.9 Å². The monoisotopic (exact) mass is 159 g/mol. The number of rotatable bonds is 0. The molecular formula is C11H13N. The number of hydrogen-bond acceptors (Lipinski definition) is 1. The van der Waals surface area contributed by atoms with Gasteiger partial charge in [-0.05, 0) is 19.9 Å². The maximum absolute atomic E-state index is 4.42. The van der Waals surface area contributed by atoms with Gasteiger partial charge in [-0.1, -0.05) is 29.4 Å². The van der Waals surface area contributed by atoms with E-state index in [1.165, 1.54) is 11.1 Å². The van der Waals surface area contributed by atoms with Crippen LogP contribution in [0.3, 0.4) is 0 Å². The Kier molecular flexibility index (Phi) is 1.72. The standard InChI is InChI=1S/C11H13N/c1-8-4-3-5-10-11(8)9(2)6-7-12-10/h3-7,10-11H,1-2H3. The van der Waals surface area contributed by atoms with Gasteiger partial charge in [0.05, 0.1) is 6.04 Å². The number of fused-ring (bicyclic) bond motifs is 1. The van der Waals surface area contributed by atoms with Gasteiger partial charge < -0.3 is 0 Å². The number of aliphatic imine (C=N–C) groups is 1. The Morgan fingerprint density at radius 1 is 1.17 bits per heavy atom. The molecule has 1 heteroatoms. The van der Waals surface area contributed by atoms with Crippen LogP contribution in [-0.4, -0.2) is 12.3 Å². The quantitative estimate of drug-likeness (QED) is 0.515. The highest BCUT2D eigenvalue weighted by Crippen LogP contribution is 2.30. The van der Waals surface area contributed by atoms with Crippen LogP contribution < -0.4 is 0 Å². The summed E-state index contributed by atoms with van der Waals surface area (Å²) in [6.07, 6.45) is 10.5. The van der Waals surface area contributed by atoms with Gasteiger partial charge in [-0.25, -0.2) is 0 Å². The zero-order valence-corrected chi connectivity index (χ0v) is 7.49. The van der Waals surface area contributed by atoms with E-state index in [1.54, 1.807) is 0 Å². The summed E-state index contributed by atoms with van der Waals surface area (Å²) >= 11 is 0. The predicted octanol–water partition coefficient (Wildman–Crippen LogP) is 2.52. The third-order valence-corrected chi connectivity index (χ3v) is 2.59. The minimum atomic E-state index is 0.361. The van der Waals surface area contributed by atoms with Crippen molar-refractivity contribution in [3.05, 3.63) is 35.5 Å². The molecule has 0 bridgehead atoms. The van der Waals surface area contributed by atoms with Gasteiger partial charge in [0.25, 0.3) is 0 Å². The Morgan fingerprint density at radius 2 is 1.92 bits per heavy atom. The van der Waals surface area contributed by atoms with Crippen LogP contribution in [0.15, 0.2) is 40.4 Å². The van der Waals surface area contributed by atoms with E-state index < -0.39 is 0 Å². The molecule has 0 N–H and O–H groups in total. The number of hydrogen-bond donors (Lipinski definition) is 0. The average Bonchev–Trinajstić information content (AvgIpc) is 2.04. The Labute approximate surface area is 73.2 Å². The van der Waals surface area contributed by atoms with Gasteiger partial charge in [0, 0.05) is 12.1 Å². The van der Waals surface area contributed by atoms with Crippen LogP contribution in [0.2, 0.25) is 0 Å². The number of nitrogens with zero attached hydrogens (tertiary/aromatic N) is 1. The van der Waals surface area contributed by atoms with E-state index in [0.717, 1.165) is 0 Å². The van der Waals surface area contributed by atoms with Crippen LogP contribution >= 0.6 is 0 Å². The van der Waals surface area contributed by atoms with Gasteiger partial charge in [0.1, 0.15) is 0 Å². The van der Waals surface area contributed by atoms with Crippen molar-refractivity contribution >= 4 is 6.21 Å². The summed E-state index contributed by atoms with van der Waals surface area (Å²) < 4.78 is 0. The zero-order chi connectivity index (χ0) is 8.55. The first-order valence-corrected chi connectivity index (χ1v) is 4.34. The third-order valence-electron chi connectivity index (χ3n) is 2.59. The summed E-state index contributed by atoms with van der Waals surface area (Å²) in [5.41, 5.74) is 2.85. The second kappa shape index (κ2) is 2.74. The molecule has 1 nitrogen and oxygen atoms in total. The topological polar surface area (TPSA) is 12.4 Å². The molecule has 1 heterocycles. The van der Waals surface area contributed by atoms with Crippen LogP contribution in [0.5, 0.6) is 0 Å². The SMILES string of the molecule is CC1=CC=CC2N=CC=C(C)C12. The van der Waals surface area contributed by atoms with E-state index in [0.29, 0.717) is 12.0 Å². The summed E-state index contributed by atoms with van der Waals surface area (Å²) in [6.45, 7) is 4.36. The molecule has 2 unspecified atom stereocenters. The molecule has 2 rings (SSSR count). The molecule has 0 aromatic rings. The fourth-order valence-electron chi connectivity index (χ4n) is 1.93. The van der Waals surface area contributed by atoms with E-state index >= 15 is 0 Å². The molecular weight excluding hydrogens is 146 g/mol.